The van der Waals surface area contributed by atoms with Gasteiger partial charge in [-0.1, -0.05) is 25.1 Å². The third-order valence-corrected chi connectivity index (χ3v) is 4.13. The maximum Gasteiger partial charge on any atom is 0.271 e. The quantitative estimate of drug-likeness (QED) is 0.784. The van der Waals surface area contributed by atoms with Gasteiger partial charge in [0.05, 0.1) is 17.9 Å². The molecule has 0 unspecified atom stereocenters. The molecule has 0 bridgehead atoms. The minimum Gasteiger partial charge on any atom is -0.355 e. The molecule has 1 aromatic carbocycles. The molecule has 7 heteroatoms. The predicted molar refractivity (Wildman–Crippen MR) is 87.6 cm³/mol. The van der Waals surface area contributed by atoms with E-state index in [0.29, 0.717) is 6.54 Å². The highest BCUT2D eigenvalue weighted by molar-refractivity contribution is 7.09. The molecule has 2 aromatic heterocycles. The van der Waals surface area contributed by atoms with Crippen LogP contribution in [0.1, 0.15) is 18.4 Å². The van der Waals surface area contributed by atoms with Gasteiger partial charge in [-0.2, -0.15) is 4.37 Å². The largest absolute Gasteiger partial charge is 0.355 e. The molecule has 0 spiro atoms. The fourth-order valence-corrected chi connectivity index (χ4v) is 2.89. The molecule has 3 aromatic rings. The topological polar surface area (TPSA) is 64.7 Å². The van der Waals surface area contributed by atoms with Gasteiger partial charge in [0, 0.05) is 31.1 Å². The number of benzene rings is 1. The average Bonchev–Trinajstić information content (AvgIpc) is 3.10. The lowest BCUT2D eigenvalue weighted by Gasteiger charge is -2.10. The van der Waals surface area contributed by atoms with Crippen LogP contribution in [0, 0.1) is 0 Å². The van der Waals surface area contributed by atoms with Crippen LogP contribution in [0.3, 0.4) is 0 Å². The number of rotatable bonds is 5. The normalized spacial score (nSPS) is 10.8. The molecular formula is C15H17N5OS. The third kappa shape index (κ3) is 2.80. The molecule has 0 atom stereocenters. The van der Waals surface area contributed by atoms with Gasteiger partial charge in [-0.15, -0.1) is 0 Å². The summed E-state index contributed by atoms with van der Waals surface area (Å²) < 4.78 is 7.74. The molecule has 0 aliphatic carbocycles. The van der Waals surface area contributed by atoms with Crippen molar-refractivity contribution in [3.8, 4) is 5.69 Å². The molecule has 0 amide bonds. The van der Waals surface area contributed by atoms with Crippen molar-refractivity contribution in [3.63, 3.8) is 0 Å². The van der Waals surface area contributed by atoms with Crippen LogP contribution in [-0.2, 0) is 20.0 Å². The Morgan fingerprint density at radius 1 is 1.27 bits per heavy atom. The van der Waals surface area contributed by atoms with Crippen LogP contribution in [0.2, 0.25) is 0 Å². The van der Waals surface area contributed by atoms with Crippen molar-refractivity contribution in [2.45, 2.75) is 19.9 Å². The second-order valence-corrected chi connectivity index (χ2v) is 5.62. The van der Waals surface area contributed by atoms with Crippen LogP contribution in [0.25, 0.3) is 5.69 Å². The summed E-state index contributed by atoms with van der Waals surface area (Å²) in [5.41, 5.74) is 1.70. The highest BCUT2D eigenvalue weighted by Crippen LogP contribution is 2.13. The van der Waals surface area contributed by atoms with Crippen molar-refractivity contribution in [1.29, 1.82) is 0 Å². The SMILES string of the molecule is CCc1nsc(NCc2cc(=O)n(-c3ccccc3)n2C)n1. The Bertz CT molecular complexity index is 818. The van der Waals surface area contributed by atoms with Crippen LogP contribution >= 0.6 is 11.5 Å². The van der Waals surface area contributed by atoms with Gasteiger partial charge in [0.25, 0.3) is 5.56 Å². The lowest BCUT2D eigenvalue weighted by molar-refractivity contribution is 0.620. The van der Waals surface area contributed by atoms with Gasteiger partial charge in [-0.3, -0.25) is 9.48 Å². The molecular weight excluding hydrogens is 298 g/mol. The lowest BCUT2D eigenvalue weighted by Crippen LogP contribution is -2.19. The monoisotopic (exact) mass is 315 g/mol. The fourth-order valence-electron chi connectivity index (χ4n) is 2.24. The number of hydrogen-bond donors (Lipinski definition) is 1. The van der Waals surface area contributed by atoms with E-state index in [1.165, 1.54) is 11.5 Å². The Morgan fingerprint density at radius 3 is 2.73 bits per heavy atom. The highest BCUT2D eigenvalue weighted by atomic mass is 32.1. The molecule has 22 heavy (non-hydrogen) atoms. The smallest absolute Gasteiger partial charge is 0.271 e. The summed E-state index contributed by atoms with van der Waals surface area (Å²) in [7, 11) is 1.88. The third-order valence-electron chi connectivity index (χ3n) is 3.42. The summed E-state index contributed by atoms with van der Waals surface area (Å²) in [6.07, 6.45) is 0.820. The van der Waals surface area contributed by atoms with E-state index in [1.807, 2.05) is 49.0 Å². The molecule has 3 rings (SSSR count). The summed E-state index contributed by atoms with van der Waals surface area (Å²) in [6.45, 7) is 2.55. The maximum absolute atomic E-state index is 12.2. The first-order chi connectivity index (χ1) is 10.7. The van der Waals surface area contributed by atoms with Gasteiger partial charge in [-0.05, 0) is 12.1 Å². The van der Waals surface area contributed by atoms with Gasteiger partial charge in [0.1, 0.15) is 5.82 Å². The number of hydrogen-bond acceptors (Lipinski definition) is 5. The van der Waals surface area contributed by atoms with Crippen molar-refractivity contribution >= 4 is 16.7 Å². The Balaban J connectivity index is 1.82. The number of aromatic nitrogens is 4. The molecule has 2 heterocycles. The lowest BCUT2D eigenvalue weighted by atomic mass is 10.3. The van der Waals surface area contributed by atoms with E-state index in [1.54, 1.807) is 10.7 Å². The Kier molecular flexibility index (Phi) is 4.06. The zero-order chi connectivity index (χ0) is 15.5. The van der Waals surface area contributed by atoms with Crippen molar-refractivity contribution in [3.05, 3.63) is 58.3 Å². The average molecular weight is 315 g/mol. The molecule has 6 nitrogen and oxygen atoms in total. The van der Waals surface area contributed by atoms with Crippen LogP contribution in [0.4, 0.5) is 5.13 Å². The molecule has 0 aliphatic rings. The Hall–Kier alpha value is -2.41. The summed E-state index contributed by atoms with van der Waals surface area (Å²) in [4.78, 5) is 16.6. The van der Waals surface area contributed by atoms with Crippen molar-refractivity contribution in [1.82, 2.24) is 18.7 Å². The van der Waals surface area contributed by atoms with Crippen LogP contribution in [-0.4, -0.2) is 18.7 Å². The first-order valence-electron chi connectivity index (χ1n) is 7.09. The van der Waals surface area contributed by atoms with Crippen molar-refractivity contribution in [2.24, 2.45) is 7.05 Å². The minimum absolute atomic E-state index is 0.0444. The summed E-state index contributed by atoms with van der Waals surface area (Å²) in [6, 6.07) is 11.2. The summed E-state index contributed by atoms with van der Waals surface area (Å²) in [5.74, 6) is 0.836. The van der Waals surface area contributed by atoms with Gasteiger partial charge < -0.3 is 5.32 Å². The zero-order valence-electron chi connectivity index (χ0n) is 12.5. The van der Waals surface area contributed by atoms with Crippen molar-refractivity contribution in [2.75, 3.05) is 5.32 Å². The Morgan fingerprint density at radius 2 is 2.05 bits per heavy atom. The second kappa shape index (κ2) is 6.15. The van der Waals surface area contributed by atoms with E-state index in [9.17, 15) is 4.79 Å². The molecule has 0 aliphatic heterocycles. The second-order valence-electron chi connectivity index (χ2n) is 4.87. The fraction of sp³-hybridized carbons (Fsp3) is 0.267. The van der Waals surface area contributed by atoms with Gasteiger partial charge in [-0.25, -0.2) is 9.67 Å². The van der Waals surface area contributed by atoms with Gasteiger partial charge in [0.2, 0.25) is 5.13 Å². The van der Waals surface area contributed by atoms with E-state index in [2.05, 4.69) is 14.7 Å². The van der Waals surface area contributed by atoms with Crippen LogP contribution in [0.5, 0.6) is 0 Å². The standard InChI is InChI=1S/C15H17N5OS/c1-3-13-17-15(22-18-13)16-10-12-9-14(21)20(19(12)2)11-7-5-4-6-8-11/h4-9H,3,10H2,1-2H3,(H,16,17,18). The first-order valence-corrected chi connectivity index (χ1v) is 7.86. The van der Waals surface area contributed by atoms with Gasteiger partial charge in [0.15, 0.2) is 0 Å². The summed E-state index contributed by atoms with van der Waals surface area (Å²) >= 11 is 1.34. The number of nitrogens with zero attached hydrogens (tertiary/aromatic N) is 4. The molecule has 0 saturated heterocycles. The number of aryl methyl sites for hydroxylation is 1. The molecule has 0 fully saturated rings. The molecule has 1 N–H and O–H groups in total. The van der Waals surface area contributed by atoms with Crippen LogP contribution in [0.15, 0.2) is 41.2 Å². The molecule has 0 saturated carbocycles. The number of nitrogens with one attached hydrogen (secondary N) is 1. The van der Waals surface area contributed by atoms with Gasteiger partial charge >= 0.3 is 0 Å². The number of anilines is 1. The zero-order valence-corrected chi connectivity index (χ0v) is 13.3. The highest BCUT2D eigenvalue weighted by Gasteiger charge is 2.10. The summed E-state index contributed by atoms with van der Waals surface area (Å²) in [5, 5.41) is 4.00. The Labute approximate surface area is 132 Å². The van der Waals surface area contributed by atoms with E-state index >= 15 is 0 Å². The molecule has 114 valence electrons. The van der Waals surface area contributed by atoms with E-state index in [0.717, 1.165) is 28.8 Å². The number of para-hydroxylation sites is 1. The predicted octanol–water partition coefficient (Wildman–Crippen LogP) is 2.20. The van der Waals surface area contributed by atoms with Crippen molar-refractivity contribution < 1.29 is 0 Å². The first kappa shape index (κ1) is 14.5. The minimum atomic E-state index is -0.0444. The maximum atomic E-state index is 12.2. The van der Waals surface area contributed by atoms with E-state index in [-0.39, 0.29) is 5.56 Å². The van der Waals surface area contributed by atoms with E-state index in [4.69, 9.17) is 0 Å². The van der Waals surface area contributed by atoms with Crippen LogP contribution < -0.4 is 10.9 Å². The molecule has 0 radical (unpaired) electrons. The van der Waals surface area contributed by atoms with E-state index < -0.39 is 0 Å².